The number of aryl methyl sites for hydroxylation is 1. The molecule has 0 amide bonds. The summed E-state index contributed by atoms with van der Waals surface area (Å²) in [4.78, 5) is 28.1. The highest BCUT2D eigenvalue weighted by Crippen LogP contribution is 2.07. The molecule has 0 aromatic carbocycles. The Labute approximate surface area is 91.5 Å². The van der Waals surface area contributed by atoms with E-state index in [0.29, 0.717) is 11.2 Å². The van der Waals surface area contributed by atoms with Gasteiger partial charge in [-0.3, -0.25) is 9.78 Å². The third kappa shape index (κ3) is 1.79. The second-order valence-corrected chi connectivity index (χ2v) is 3.63. The molecule has 7 nitrogen and oxygen atoms in total. The van der Waals surface area contributed by atoms with E-state index in [9.17, 15) is 4.79 Å². The summed E-state index contributed by atoms with van der Waals surface area (Å²) in [6.07, 6.45) is 3.12. The maximum Gasteiger partial charge on any atom is 0.280 e. The molecule has 84 valence electrons. The van der Waals surface area contributed by atoms with Crippen LogP contribution < -0.4 is 5.56 Å². The fraction of sp³-hybridized carbons (Fsp3) is 0.333. The number of aliphatic imine (C=N–C) groups is 1. The van der Waals surface area contributed by atoms with Gasteiger partial charge in [0.05, 0.1) is 12.7 Å². The van der Waals surface area contributed by atoms with Gasteiger partial charge in [-0.1, -0.05) is 0 Å². The lowest BCUT2D eigenvalue weighted by molar-refractivity contribution is 0.642. The first kappa shape index (κ1) is 10.3. The Bertz CT molecular complexity index is 594. The largest absolute Gasteiger partial charge is 0.369 e. The van der Waals surface area contributed by atoms with E-state index < -0.39 is 0 Å². The van der Waals surface area contributed by atoms with Crippen molar-refractivity contribution in [3.63, 3.8) is 0 Å². The normalized spacial score (nSPS) is 11.4. The van der Waals surface area contributed by atoms with E-state index in [0.717, 1.165) is 0 Å². The molecule has 0 saturated carbocycles. The van der Waals surface area contributed by atoms with Gasteiger partial charge in [0, 0.05) is 21.1 Å². The molecule has 0 spiro atoms. The second-order valence-electron chi connectivity index (χ2n) is 3.63. The van der Waals surface area contributed by atoms with Gasteiger partial charge < -0.3 is 9.47 Å². The average molecular weight is 220 g/mol. The Morgan fingerprint density at radius 2 is 2.31 bits per heavy atom. The van der Waals surface area contributed by atoms with Crippen molar-refractivity contribution in [2.45, 2.75) is 0 Å². The smallest absolute Gasteiger partial charge is 0.280 e. The standard InChI is InChI=1S/C9H12N6O/c1-14(2)4-11-9-12-7-6(8(16)13-9)10-5-15(7)3/h4-5H,1-3H3,(H,12,13,16)/b11-4-. The SMILES string of the molecule is CN(C)/C=N\c1nc2c(ncn2C)c(=O)[nH]1. The van der Waals surface area contributed by atoms with Crippen LogP contribution in [0.5, 0.6) is 0 Å². The van der Waals surface area contributed by atoms with E-state index in [4.69, 9.17) is 0 Å². The number of aromatic amines is 1. The first-order valence-electron chi connectivity index (χ1n) is 4.70. The molecular formula is C9H12N6O. The van der Waals surface area contributed by atoms with Gasteiger partial charge in [0.1, 0.15) is 0 Å². The molecule has 0 fully saturated rings. The van der Waals surface area contributed by atoms with Crippen LogP contribution in [0.2, 0.25) is 0 Å². The van der Waals surface area contributed by atoms with Crippen molar-refractivity contribution in [2.75, 3.05) is 14.1 Å². The Balaban J connectivity index is 2.57. The third-order valence-corrected chi connectivity index (χ3v) is 1.97. The molecule has 16 heavy (non-hydrogen) atoms. The van der Waals surface area contributed by atoms with Gasteiger partial charge in [-0.15, -0.1) is 0 Å². The Kier molecular flexibility index (Phi) is 2.43. The minimum absolute atomic E-state index is 0.273. The van der Waals surface area contributed by atoms with Crippen molar-refractivity contribution in [1.29, 1.82) is 0 Å². The zero-order chi connectivity index (χ0) is 11.7. The first-order valence-corrected chi connectivity index (χ1v) is 4.70. The van der Waals surface area contributed by atoms with Crippen LogP contribution in [-0.2, 0) is 7.05 Å². The number of nitrogens with one attached hydrogen (secondary N) is 1. The van der Waals surface area contributed by atoms with Crippen LogP contribution in [0.25, 0.3) is 11.2 Å². The van der Waals surface area contributed by atoms with Crippen LogP contribution >= 0.6 is 0 Å². The molecule has 0 aliphatic carbocycles. The van der Waals surface area contributed by atoms with E-state index in [1.54, 1.807) is 29.2 Å². The van der Waals surface area contributed by atoms with Gasteiger partial charge in [0.2, 0.25) is 5.95 Å². The van der Waals surface area contributed by atoms with Gasteiger partial charge in [-0.05, 0) is 0 Å². The van der Waals surface area contributed by atoms with Gasteiger partial charge in [0.25, 0.3) is 5.56 Å². The minimum Gasteiger partial charge on any atom is -0.369 e. The van der Waals surface area contributed by atoms with Gasteiger partial charge in [0.15, 0.2) is 11.2 Å². The van der Waals surface area contributed by atoms with Crippen LogP contribution in [-0.4, -0.2) is 44.9 Å². The number of H-pyrrole nitrogens is 1. The molecule has 0 aliphatic rings. The zero-order valence-electron chi connectivity index (χ0n) is 9.30. The van der Waals surface area contributed by atoms with E-state index >= 15 is 0 Å². The highest BCUT2D eigenvalue weighted by molar-refractivity contribution is 5.71. The number of aromatic nitrogens is 4. The molecule has 2 rings (SSSR count). The van der Waals surface area contributed by atoms with Gasteiger partial charge in [-0.2, -0.15) is 4.98 Å². The molecule has 2 aromatic rings. The molecular weight excluding hydrogens is 208 g/mol. The fourth-order valence-corrected chi connectivity index (χ4v) is 1.24. The van der Waals surface area contributed by atoms with Crippen LogP contribution in [0.3, 0.4) is 0 Å². The van der Waals surface area contributed by atoms with E-state index in [-0.39, 0.29) is 11.5 Å². The second kappa shape index (κ2) is 3.76. The molecule has 0 radical (unpaired) electrons. The minimum atomic E-state index is -0.281. The number of rotatable bonds is 2. The predicted octanol–water partition coefficient (Wildman–Crippen LogP) is -0.122. The summed E-state index contributed by atoms with van der Waals surface area (Å²) in [5.41, 5.74) is 0.567. The van der Waals surface area contributed by atoms with E-state index in [2.05, 4.69) is 19.9 Å². The lowest BCUT2D eigenvalue weighted by Gasteiger charge is -2.01. The van der Waals surface area contributed by atoms with Crippen LogP contribution in [0.1, 0.15) is 0 Å². The van der Waals surface area contributed by atoms with Crippen molar-refractivity contribution < 1.29 is 0 Å². The van der Waals surface area contributed by atoms with Crippen molar-refractivity contribution in [3.05, 3.63) is 16.7 Å². The summed E-state index contributed by atoms with van der Waals surface area (Å²) in [5.74, 6) is 0.273. The lowest BCUT2D eigenvalue weighted by atomic mass is 10.5. The fourth-order valence-electron chi connectivity index (χ4n) is 1.24. The molecule has 1 N–H and O–H groups in total. The highest BCUT2D eigenvalue weighted by atomic mass is 16.1. The molecule has 0 atom stereocenters. The topological polar surface area (TPSA) is 79.2 Å². The van der Waals surface area contributed by atoms with E-state index in [1.165, 1.54) is 0 Å². The maximum atomic E-state index is 11.6. The summed E-state index contributed by atoms with van der Waals surface area (Å²) in [6.45, 7) is 0. The molecule has 0 saturated heterocycles. The molecule has 0 unspecified atom stereocenters. The molecule has 0 bridgehead atoms. The monoisotopic (exact) mass is 220 g/mol. The molecule has 7 heteroatoms. The average Bonchev–Trinajstić information content (AvgIpc) is 2.58. The molecule has 0 aliphatic heterocycles. The third-order valence-electron chi connectivity index (χ3n) is 1.97. The van der Waals surface area contributed by atoms with Crippen molar-refractivity contribution in [2.24, 2.45) is 12.0 Å². The van der Waals surface area contributed by atoms with Crippen LogP contribution in [0.4, 0.5) is 5.95 Å². The number of hydrogen-bond donors (Lipinski definition) is 1. The lowest BCUT2D eigenvalue weighted by Crippen LogP contribution is -2.10. The van der Waals surface area contributed by atoms with E-state index in [1.807, 2.05) is 14.1 Å². The van der Waals surface area contributed by atoms with Crippen molar-refractivity contribution >= 4 is 23.5 Å². The molecule has 2 aromatic heterocycles. The first-order chi connectivity index (χ1) is 7.58. The van der Waals surface area contributed by atoms with Gasteiger partial charge >= 0.3 is 0 Å². The Hall–Kier alpha value is -2.18. The van der Waals surface area contributed by atoms with Crippen molar-refractivity contribution in [3.8, 4) is 0 Å². The number of fused-ring (bicyclic) bond motifs is 1. The predicted molar refractivity (Wildman–Crippen MR) is 61.0 cm³/mol. The van der Waals surface area contributed by atoms with Crippen LogP contribution in [0, 0.1) is 0 Å². The summed E-state index contributed by atoms with van der Waals surface area (Å²) in [7, 11) is 5.45. The maximum absolute atomic E-state index is 11.6. The summed E-state index contributed by atoms with van der Waals surface area (Å²) < 4.78 is 1.68. The summed E-state index contributed by atoms with van der Waals surface area (Å²) >= 11 is 0. The van der Waals surface area contributed by atoms with Crippen LogP contribution in [0.15, 0.2) is 16.1 Å². The molecule has 2 heterocycles. The number of hydrogen-bond acceptors (Lipinski definition) is 4. The van der Waals surface area contributed by atoms with Gasteiger partial charge in [-0.25, -0.2) is 9.98 Å². The number of nitrogens with zero attached hydrogens (tertiary/aromatic N) is 5. The Morgan fingerprint density at radius 3 is 3.00 bits per heavy atom. The quantitative estimate of drug-likeness (QED) is 0.565. The number of imidazole rings is 1. The van der Waals surface area contributed by atoms with Crippen molar-refractivity contribution in [1.82, 2.24) is 24.4 Å². The zero-order valence-corrected chi connectivity index (χ0v) is 9.30. The Morgan fingerprint density at radius 1 is 1.56 bits per heavy atom. The highest BCUT2D eigenvalue weighted by Gasteiger charge is 2.06. The summed E-state index contributed by atoms with van der Waals surface area (Å²) in [6, 6.07) is 0. The summed E-state index contributed by atoms with van der Waals surface area (Å²) in [5, 5.41) is 0.